The maximum Gasteiger partial charge on any atom is 0.172 e. The predicted octanol–water partition coefficient (Wildman–Crippen LogP) is 2.42. The number of aromatic nitrogens is 2. The van der Waals surface area contributed by atoms with Crippen LogP contribution in [0.1, 0.15) is 19.3 Å². The van der Waals surface area contributed by atoms with E-state index in [4.69, 9.17) is 9.97 Å². The van der Waals surface area contributed by atoms with Crippen molar-refractivity contribution in [3.8, 4) is 0 Å². The van der Waals surface area contributed by atoms with Crippen LogP contribution in [0.5, 0.6) is 0 Å². The highest BCUT2D eigenvalue weighted by Gasteiger charge is 2.27. The molecule has 1 atom stereocenters. The van der Waals surface area contributed by atoms with Gasteiger partial charge in [0.05, 0.1) is 11.0 Å². The van der Waals surface area contributed by atoms with Crippen LogP contribution in [0.25, 0.3) is 11.0 Å². The molecule has 22 heavy (non-hydrogen) atoms. The number of benzene rings is 1. The maximum absolute atomic E-state index is 4.87. The van der Waals surface area contributed by atoms with Crippen LogP contribution in [0, 0.1) is 0 Å². The average molecular weight is 320 g/mol. The summed E-state index contributed by atoms with van der Waals surface area (Å²) >= 11 is 0. The minimum atomic E-state index is 0. The van der Waals surface area contributed by atoms with Gasteiger partial charge in [0.1, 0.15) is 0 Å². The molecule has 2 aromatic rings. The molecule has 0 spiro atoms. The van der Waals surface area contributed by atoms with Gasteiger partial charge in [-0.05, 0) is 37.9 Å². The number of hydrogen-bond donors (Lipinski definition) is 2. The molecule has 1 saturated heterocycles. The van der Waals surface area contributed by atoms with Crippen LogP contribution in [0.3, 0.4) is 0 Å². The zero-order chi connectivity index (χ0) is 14.2. The number of anilines is 2. The molecule has 0 radical (unpaired) electrons. The van der Waals surface area contributed by atoms with Crippen molar-refractivity contribution in [1.82, 2.24) is 15.3 Å². The van der Waals surface area contributed by atoms with Crippen LogP contribution in [-0.4, -0.2) is 42.2 Å². The Morgan fingerprint density at radius 1 is 1.14 bits per heavy atom. The average Bonchev–Trinajstić information content (AvgIpc) is 3.16. The van der Waals surface area contributed by atoms with Crippen LogP contribution in [0.15, 0.2) is 24.3 Å². The molecule has 0 amide bonds. The first-order valence-corrected chi connectivity index (χ1v) is 7.78. The van der Waals surface area contributed by atoms with Crippen LogP contribution in [-0.2, 0) is 0 Å². The van der Waals surface area contributed by atoms with Crippen molar-refractivity contribution in [2.45, 2.75) is 31.3 Å². The SMILES string of the molecule is CN(c1nc2ccccc2nc1NC1CC1)C1CCNC1.Cl. The molecule has 1 aliphatic heterocycles. The second kappa shape index (κ2) is 6.26. The van der Waals surface area contributed by atoms with Crippen molar-refractivity contribution in [3.05, 3.63) is 24.3 Å². The monoisotopic (exact) mass is 319 g/mol. The molecule has 5 nitrogen and oxygen atoms in total. The van der Waals surface area contributed by atoms with Crippen LogP contribution in [0.4, 0.5) is 11.6 Å². The fraction of sp³-hybridized carbons (Fsp3) is 0.500. The van der Waals surface area contributed by atoms with E-state index in [-0.39, 0.29) is 12.4 Å². The lowest BCUT2D eigenvalue weighted by Crippen LogP contribution is -2.34. The molecule has 6 heteroatoms. The zero-order valence-electron chi connectivity index (χ0n) is 12.7. The third kappa shape index (κ3) is 2.96. The van der Waals surface area contributed by atoms with Crippen molar-refractivity contribution in [2.24, 2.45) is 0 Å². The van der Waals surface area contributed by atoms with Gasteiger partial charge in [0.25, 0.3) is 0 Å². The van der Waals surface area contributed by atoms with Gasteiger partial charge in [-0.1, -0.05) is 12.1 Å². The number of halogens is 1. The van der Waals surface area contributed by atoms with Gasteiger partial charge in [-0.2, -0.15) is 0 Å². The zero-order valence-corrected chi connectivity index (χ0v) is 13.6. The quantitative estimate of drug-likeness (QED) is 0.906. The molecule has 1 aliphatic carbocycles. The Morgan fingerprint density at radius 2 is 1.86 bits per heavy atom. The lowest BCUT2D eigenvalue weighted by atomic mass is 10.2. The van der Waals surface area contributed by atoms with E-state index in [1.54, 1.807) is 0 Å². The predicted molar refractivity (Wildman–Crippen MR) is 93.1 cm³/mol. The van der Waals surface area contributed by atoms with E-state index in [1.807, 2.05) is 24.3 Å². The smallest absolute Gasteiger partial charge is 0.172 e. The summed E-state index contributed by atoms with van der Waals surface area (Å²) in [4.78, 5) is 12.0. The first kappa shape index (κ1) is 15.3. The molecular formula is C16H22ClN5. The highest BCUT2D eigenvalue weighted by atomic mass is 35.5. The number of hydrogen-bond acceptors (Lipinski definition) is 5. The van der Waals surface area contributed by atoms with Gasteiger partial charge < -0.3 is 15.5 Å². The number of likely N-dealkylation sites (N-methyl/N-ethyl adjacent to an activating group) is 1. The van der Waals surface area contributed by atoms with Crippen LogP contribution in [0.2, 0.25) is 0 Å². The molecule has 0 bridgehead atoms. The Morgan fingerprint density at radius 3 is 2.50 bits per heavy atom. The molecule has 1 saturated carbocycles. The van der Waals surface area contributed by atoms with Crippen molar-refractivity contribution >= 4 is 35.1 Å². The third-order valence-corrected chi connectivity index (χ3v) is 4.39. The van der Waals surface area contributed by atoms with Gasteiger partial charge in [-0.3, -0.25) is 0 Å². The van der Waals surface area contributed by atoms with E-state index in [0.717, 1.165) is 42.2 Å². The fourth-order valence-electron chi connectivity index (χ4n) is 2.90. The van der Waals surface area contributed by atoms with Crippen molar-refractivity contribution in [3.63, 3.8) is 0 Å². The lowest BCUT2D eigenvalue weighted by molar-refractivity contribution is 0.678. The first-order chi connectivity index (χ1) is 10.3. The Bertz CT molecular complexity index is 652. The van der Waals surface area contributed by atoms with E-state index in [1.165, 1.54) is 12.8 Å². The molecule has 4 rings (SSSR count). The van der Waals surface area contributed by atoms with Gasteiger partial charge in [0.15, 0.2) is 11.6 Å². The van der Waals surface area contributed by atoms with Gasteiger partial charge in [-0.15, -0.1) is 12.4 Å². The fourth-order valence-corrected chi connectivity index (χ4v) is 2.90. The highest BCUT2D eigenvalue weighted by Crippen LogP contribution is 2.31. The van der Waals surface area contributed by atoms with E-state index < -0.39 is 0 Å². The Hall–Kier alpha value is -1.59. The molecule has 1 unspecified atom stereocenters. The number of fused-ring (bicyclic) bond motifs is 1. The van der Waals surface area contributed by atoms with Gasteiger partial charge in [-0.25, -0.2) is 9.97 Å². The molecule has 2 aliphatic rings. The summed E-state index contributed by atoms with van der Waals surface area (Å²) in [5.41, 5.74) is 1.93. The van der Waals surface area contributed by atoms with Gasteiger partial charge in [0.2, 0.25) is 0 Å². The third-order valence-electron chi connectivity index (χ3n) is 4.39. The number of nitrogens with zero attached hydrogens (tertiary/aromatic N) is 3. The summed E-state index contributed by atoms with van der Waals surface area (Å²) in [7, 11) is 2.13. The van der Waals surface area contributed by atoms with E-state index >= 15 is 0 Å². The summed E-state index contributed by atoms with van der Waals surface area (Å²) in [5, 5.41) is 6.97. The summed E-state index contributed by atoms with van der Waals surface area (Å²) in [6.45, 7) is 2.11. The molecule has 1 aromatic heterocycles. The molecule has 1 aromatic carbocycles. The summed E-state index contributed by atoms with van der Waals surface area (Å²) in [6, 6.07) is 9.18. The molecular weight excluding hydrogens is 298 g/mol. The minimum absolute atomic E-state index is 0. The number of rotatable bonds is 4. The summed E-state index contributed by atoms with van der Waals surface area (Å²) in [5.74, 6) is 1.92. The normalized spacial score (nSPS) is 20.7. The minimum Gasteiger partial charge on any atom is -0.364 e. The highest BCUT2D eigenvalue weighted by molar-refractivity contribution is 5.85. The topological polar surface area (TPSA) is 53.1 Å². The van der Waals surface area contributed by atoms with E-state index in [9.17, 15) is 0 Å². The number of para-hydroxylation sites is 2. The van der Waals surface area contributed by atoms with Crippen molar-refractivity contribution in [1.29, 1.82) is 0 Å². The van der Waals surface area contributed by atoms with Crippen LogP contribution >= 0.6 is 12.4 Å². The van der Waals surface area contributed by atoms with E-state index in [0.29, 0.717) is 12.1 Å². The molecule has 2 fully saturated rings. The molecule has 2 heterocycles. The summed E-state index contributed by atoms with van der Waals surface area (Å²) in [6.07, 6.45) is 3.64. The Kier molecular flexibility index (Phi) is 4.36. The van der Waals surface area contributed by atoms with Gasteiger partial charge in [0, 0.05) is 25.7 Å². The van der Waals surface area contributed by atoms with Crippen molar-refractivity contribution < 1.29 is 0 Å². The molecule has 118 valence electrons. The Labute approximate surface area is 136 Å². The van der Waals surface area contributed by atoms with Crippen molar-refractivity contribution in [2.75, 3.05) is 30.4 Å². The summed E-state index contributed by atoms with van der Waals surface area (Å²) < 4.78 is 0. The standard InChI is InChI=1S/C16H21N5.ClH/c1-21(12-8-9-17-10-12)16-15(18-11-6-7-11)19-13-4-2-3-5-14(13)20-16;/h2-5,11-12,17H,6-10H2,1H3,(H,18,19);1H. The first-order valence-electron chi connectivity index (χ1n) is 7.78. The second-order valence-corrected chi connectivity index (χ2v) is 6.06. The number of nitrogens with one attached hydrogen (secondary N) is 2. The second-order valence-electron chi connectivity index (χ2n) is 6.06. The van der Waals surface area contributed by atoms with E-state index in [2.05, 4.69) is 22.6 Å². The molecule has 2 N–H and O–H groups in total. The van der Waals surface area contributed by atoms with Crippen LogP contribution < -0.4 is 15.5 Å². The maximum atomic E-state index is 4.87. The Balaban J connectivity index is 0.00000144. The lowest BCUT2D eigenvalue weighted by Gasteiger charge is -2.27. The largest absolute Gasteiger partial charge is 0.364 e. The van der Waals surface area contributed by atoms with Gasteiger partial charge >= 0.3 is 0 Å².